The molecule has 28 heavy (non-hydrogen) atoms. The summed E-state index contributed by atoms with van der Waals surface area (Å²) < 4.78 is 27.6. The van der Waals surface area contributed by atoms with E-state index in [1.54, 1.807) is 41.3 Å². The van der Waals surface area contributed by atoms with Gasteiger partial charge in [0.25, 0.3) is 0 Å². The Labute approximate surface area is 171 Å². The standard InChI is InChI=1S/C21H23ClN2O3S/c1-16-7-8-17(15-20(16)22)9-10-21(25)24-13-11-18(12-14-24)23-28(26,27)19-5-3-2-4-6-19/h2-10,15,18,23H,11-14H2,1H3/b10-9+. The molecular formula is C21H23ClN2O3S. The van der Waals surface area contributed by atoms with Crippen molar-refractivity contribution in [3.63, 3.8) is 0 Å². The van der Waals surface area contributed by atoms with Gasteiger partial charge in [-0.05, 0) is 55.2 Å². The van der Waals surface area contributed by atoms with Gasteiger partial charge in [0.2, 0.25) is 15.9 Å². The van der Waals surface area contributed by atoms with Crippen LogP contribution in [0.1, 0.15) is 24.0 Å². The van der Waals surface area contributed by atoms with Crippen LogP contribution in [0.5, 0.6) is 0 Å². The van der Waals surface area contributed by atoms with Crippen molar-refractivity contribution < 1.29 is 13.2 Å². The first-order valence-corrected chi connectivity index (χ1v) is 11.0. The first-order chi connectivity index (χ1) is 13.3. The highest BCUT2D eigenvalue weighted by atomic mass is 35.5. The van der Waals surface area contributed by atoms with E-state index >= 15 is 0 Å². The Kier molecular flexibility index (Phi) is 6.54. The largest absolute Gasteiger partial charge is 0.339 e. The van der Waals surface area contributed by atoms with Crippen LogP contribution >= 0.6 is 11.6 Å². The Hall–Kier alpha value is -2.15. The van der Waals surface area contributed by atoms with Gasteiger partial charge in [-0.15, -0.1) is 0 Å². The molecule has 1 N–H and O–H groups in total. The number of nitrogens with one attached hydrogen (secondary N) is 1. The van der Waals surface area contributed by atoms with Crippen LogP contribution in [-0.2, 0) is 14.8 Å². The van der Waals surface area contributed by atoms with Gasteiger partial charge in [-0.3, -0.25) is 4.79 Å². The van der Waals surface area contributed by atoms with Crippen molar-refractivity contribution in [2.75, 3.05) is 13.1 Å². The second kappa shape index (κ2) is 8.90. The Morgan fingerprint density at radius 3 is 2.46 bits per heavy atom. The fraction of sp³-hybridized carbons (Fsp3) is 0.286. The van der Waals surface area contributed by atoms with Gasteiger partial charge in [0.1, 0.15) is 0 Å². The minimum Gasteiger partial charge on any atom is -0.339 e. The van der Waals surface area contributed by atoms with Crippen molar-refractivity contribution in [3.8, 4) is 0 Å². The summed E-state index contributed by atoms with van der Waals surface area (Å²) in [5.74, 6) is -0.0823. The quantitative estimate of drug-likeness (QED) is 0.754. The van der Waals surface area contributed by atoms with Gasteiger partial charge in [-0.25, -0.2) is 13.1 Å². The molecule has 0 aromatic heterocycles. The molecule has 1 amide bonds. The molecule has 0 saturated carbocycles. The van der Waals surface area contributed by atoms with E-state index in [0.29, 0.717) is 31.0 Å². The Morgan fingerprint density at radius 1 is 1.14 bits per heavy atom. The highest BCUT2D eigenvalue weighted by molar-refractivity contribution is 7.89. The number of likely N-dealkylation sites (tertiary alicyclic amines) is 1. The summed E-state index contributed by atoms with van der Waals surface area (Å²) in [6.07, 6.45) is 4.46. The van der Waals surface area contributed by atoms with Gasteiger partial charge in [0, 0.05) is 30.2 Å². The number of sulfonamides is 1. The van der Waals surface area contributed by atoms with Crippen LogP contribution < -0.4 is 4.72 Å². The molecule has 1 aliphatic rings. The second-order valence-electron chi connectivity index (χ2n) is 6.88. The molecule has 2 aromatic carbocycles. The van der Waals surface area contributed by atoms with E-state index in [1.165, 1.54) is 6.08 Å². The summed E-state index contributed by atoms with van der Waals surface area (Å²) in [5.41, 5.74) is 1.86. The van der Waals surface area contributed by atoms with Gasteiger partial charge in [0.05, 0.1) is 4.90 Å². The van der Waals surface area contributed by atoms with Gasteiger partial charge >= 0.3 is 0 Å². The van der Waals surface area contributed by atoms with Crippen LogP contribution in [0.2, 0.25) is 5.02 Å². The lowest BCUT2D eigenvalue weighted by Crippen LogP contribution is -2.46. The lowest BCUT2D eigenvalue weighted by Gasteiger charge is -2.31. The number of hydrogen-bond donors (Lipinski definition) is 1. The van der Waals surface area contributed by atoms with Crippen LogP contribution in [0.15, 0.2) is 59.5 Å². The van der Waals surface area contributed by atoms with Crippen LogP contribution in [0.3, 0.4) is 0 Å². The number of carbonyl (C=O) groups is 1. The van der Waals surface area contributed by atoms with E-state index in [4.69, 9.17) is 11.6 Å². The average molecular weight is 419 g/mol. The molecule has 0 bridgehead atoms. The lowest BCUT2D eigenvalue weighted by atomic mass is 10.1. The number of hydrogen-bond acceptors (Lipinski definition) is 3. The zero-order valence-corrected chi connectivity index (χ0v) is 17.2. The summed E-state index contributed by atoms with van der Waals surface area (Å²) >= 11 is 6.11. The number of amides is 1. The Bertz CT molecular complexity index is 966. The molecule has 1 heterocycles. The summed E-state index contributed by atoms with van der Waals surface area (Å²) in [6, 6.07) is 13.8. The molecular weight excluding hydrogens is 396 g/mol. The highest BCUT2D eigenvalue weighted by Crippen LogP contribution is 2.18. The number of benzene rings is 2. The first kappa shape index (κ1) is 20.6. The monoisotopic (exact) mass is 418 g/mol. The average Bonchev–Trinajstić information content (AvgIpc) is 2.69. The third-order valence-corrected chi connectivity index (χ3v) is 6.74. The molecule has 2 aromatic rings. The molecule has 0 unspecified atom stereocenters. The topological polar surface area (TPSA) is 66.5 Å². The minimum atomic E-state index is -3.53. The SMILES string of the molecule is Cc1ccc(/C=C/C(=O)N2CCC(NS(=O)(=O)c3ccccc3)CC2)cc1Cl. The zero-order valence-electron chi connectivity index (χ0n) is 15.6. The van der Waals surface area contributed by atoms with Crippen LogP contribution in [-0.4, -0.2) is 38.4 Å². The Balaban J connectivity index is 1.54. The molecule has 3 rings (SSSR count). The minimum absolute atomic E-state index is 0.0823. The van der Waals surface area contributed by atoms with Gasteiger partial charge in [-0.1, -0.05) is 41.9 Å². The highest BCUT2D eigenvalue weighted by Gasteiger charge is 2.25. The molecule has 0 aliphatic carbocycles. The lowest BCUT2D eigenvalue weighted by molar-refractivity contribution is -0.126. The third kappa shape index (κ3) is 5.22. The van der Waals surface area contributed by atoms with E-state index in [1.807, 2.05) is 25.1 Å². The van der Waals surface area contributed by atoms with Crippen molar-refractivity contribution in [2.24, 2.45) is 0 Å². The molecule has 1 fully saturated rings. The predicted molar refractivity (Wildman–Crippen MR) is 112 cm³/mol. The molecule has 148 valence electrons. The molecule has 0 radical (unpaired) electrons. The van der Waals surface area contributed by atoms with Crippen molar-refractivity contribution in [1.82, 2.24) is 9.62 Å². The van der Waals surface area contributed by atoms with Crippen LogP contribution in [0, 0.1) is 6.92 Å². The number of rotatable bonds is 5. The number of nitrogens with zero attached hydrogens (tertiary/aromatic N) is 1. The van der Waals surface area contributed by atoms with Gasteiger partial charge in [-0.2, -0.15) is 0 Å². The van der Waals surface area contributed by atoms with E-state index in [0.717, 1.165) is 11.1 Å². The number of carbonyl (C=O) groups excluding carboxylic acids is 1. The first-order valence-electron chi connectivity index (χ1n) is 9.16. The van der Waals surface area contributed by atoms with Crippen molar-refractivity contribution in [2.45, 2.75) is 30.7 Å². The third-order valence-electron chi connectivity index (χ3n) is 4.80. The molecule has 5 nitrogen and oxygen atoms in total. The second-order valence-corrected chi connectivity index (χ2v) is 9.00. The number of halogens is 1. The smallest absolute Gasteiger partial charge is 0.246 e. The van der Waals surface area contributed by atoms with E-state index in [-0.39, 0.29) is 16.8 Å². The maximum atomic E-state index is 12.4. The summed E-state index contributed by atoms with van der Waals surface area (Å²) in [6.45, 7) is 2.96. The van der Waals surface area contributed by atoms with Crippen LogP contribution in [0.4, 0.5) is 0 Å². The summed E-state index contributed by atoms with van der Waals surface area (Å²) in [4.78, 5) is 14.4. The molecule has 1 aliphatic heterocycles. The van der Waals surface area contributed by atoms with E-state index < -0.39 is 10.0 Å². The molecule has 0 atom stereocenters. The number of piperidine rings is 1. The fourth-order valence-electron chi connectivity index (χ4n) is 3.09. The molecule has 1 saturated heterocycles. The summed E-state index contributed by atoms with van der Waals surface area (Å²) in [7, 11) is -3.53. The fourth-order valence-corrected chi connectivity index (χ4v) is 4.61. The Morgan fingerprint density at radius 2 is 1.82 bits per heavy atom. The van der Waals surface area contributed by atoms with Crippen molar-refractivity contribution in [3.05, 3.63) is 70.8 Å². The normalized spacial score (nSPS) is 15.9. The van der Waals surface area contributed by atoms with Crippen molar-refractivity contribution >= 4 is 33.6 Å². The predicted octanol–water partition coefficient (Wildman–Crippen LogP) is 3.63. The maximum absolute atomic E-state index is 12.4. The van der Waals surface area contributed by atoms with E-state index in [2.05, 4.69) is 4.72 Å². The van der Waals surface area contributed by atoms with Crippen LogP contribution in [0.25, 0.3) is 6.08 Å². The van der Waals surface area contributed by atoms with Gasteiger partial charge < -0.3 is 4.90 Å². The maximum Gasteiger partial charge on any atom is 0.246 e. The van der Waals surface area contributed by atoms with Crippen molar-refractivity contribution in [1.29, 1.82) is 0 Å². The zero-order chi connectivity index (χ0) is 20.1. The molecule has 0 spiro atoms. The summed E-state index contributed by atoms with van der Waals surface area (Å²) in [5, 5.41) is 0.668. The molecule has 7 heteroatoms. The number of aryl methyl sites for hydroxylation is 1. The van der Waals surface area contributed by atoms with E-state index in [9.17, 15) is 13.2 Å². The van der Waals surface area contributed by atoms with Gasteiger partial charge in [0.15, 0.2) is 0 Å².